The number of hydrogen-bond donors (Lipinski definition) is 2. The summed E-state index contributed by atoms with van der Waals surface area (Å²) in [6, 6.07) is 2.75. The molecular weight excluding hydrogens is 234 g/mol. The molecule has 4 aliphatic carbocycles. The number of nitrogens with one attached hydrogen (secondary N) is 1. The van der Waals surface area contributed by atoms with Crippen molar-refractivity contribution < 1.29 is 0 Å². The summed E-state index contributed by atoms with van der Waals surface area (Å²) in [5, 5.41) is 3.73. The largest absolute Gasteiger partial charge is 0.397 e. The molecule has 1 heterocycles. The molecule has 5 rings (SSSR count). The molecular formula is C16H23N3. The number of pyridine rings is 1. The highest BCUT2D eigenvalue weighted by molar-refractivity contribution is 5.51. The summed E-state index contributed by atoms with van der Waals surface area (Å²) in [7, 11) is 0. The van der Waals surface area contributed by atoms with Gasteiger partial charge in [0.25, 0.3) is 0 Å². The fourth-order valence-corrected chi connectivity index (χ4v) is 4.98. The Morgan fingerprint density at radius 3 is 2.32 bits per heavy atom. The molecule has 4 saturated carbocycles. The predicted octanol–water partition coefficient (Wildman–Crippen LogP) is 3.21. The minimum absolute atomic E-state index is 0.656. The van der Waals surface area contributed by atoms with Crippen molar-refractivity contribution in [3.8, 4) is 0 Å². The number of hydrogen-bond acceptors (Lipinski definition) is 3. The molecule has 3 nitrogen and oxygen atoms in total. The summed E-state index contributed by atoms with van der Waals surface area (Å²) in [6.45, 7) is 2.05. The van der Waals surface area contributed by atoms with Crippen molar-refractivity contribution in [2.75, 3.05) is 11.1 Å². The number of aromatic nitrogens is 1. The maximum Gasteiger partial charge on any atom is 0.126 e. The molecule has 0 radical (unpaired) electrons. The zero-order valence-corrected chi connectivity index (χ0v) is 11.6. The van der Waals surface area contributed by atoms with E-state index in [1.165, 1.54) is 32.1 Å². The smallest absolute Gasteiger partial charge is 0.126 e. The van der Waals surface area contributed by atoms with E-state index in [1.807, 2.05) is 0 Å². The third-order valence-electron chi connectivity index (χ3n) is 5.69. The minimum Gasteiger partial charge on any atom is -0.397 e. The molecule has 1 aromatic heterocycles. The second-order valence-electron chi connectivity index (χ2n) is 7.03. The molecule has 4 bridgehead atoms. The van der Waals surface area contributed by atoms with Crippen molar-refractivity contribution in [1.29, 1.82) is 0 Å². The Bertz CT molecular complexity index is 469. The quantitative estimate of drug-likeness (QED) is 0.855. The molecule has 0 unspecified atom stereocenters. The van der Waals surface area contributed by atoms with Crippen LogP contribution in [0.25, 0.3) is 0 Å². The zero-order chi connectivity index (χ0) is 13.0. The first-order valence-corrected chi connectivity index (χ1v) is 7.67. The van der Waals surface area contributed by atoms with Crippen molar-refractivity contribution >= 4 is 11.5 Å². The van der Waals surface area contributed by atoms with Gasteiger partial charge in [0.05, 0.1) is 11.9 Å². The molecule has 0 amide bonds. The Morgan fingerprint density at radius 2 is 1.74 bits per heavy atom. The topological polar surface area (TPSA) is 50.9 Å². The lowest BCUT2D eigenvalue weighted by molar-refractivity contribution is 0.00742. The Hall–Kier alpha value is -1.25. The van der Waals surface area contributed by atoms with Crippen LogP contribution in [-0.4, -0.2) is 11.0 Å². The molecule has 0 atom stereocenters. The second-order valence-corrected chi connectivity index (χ2v) is 7.03. The lowest BCUT2D eigenvalue weighted by atomic mass is 9.54. The first-order valence-electron chi connectivity index (χ1n) is 7.67. The van der Waals surface area contributed by atoms with E-state index in [2.05, 4.69) is 23.3 Å². The van der Waals surface area contributed by atoms with Crippen LogP contribution >= 0.6 is 0 Å². The van der Waals surface area contributed by atoms with E-state index >= 15 is 0 Å². The maximum absolute atomic E-state index is 5.85. The van der Waals surface area contributed by atoms with E-state index in [4.69, 9.17) is 5.73 Å². The van der Waals surface area contributed by atoms with Gasteiger partial charge in [-0.25, -0.2) is 4.98 Å². The van der Waals surface area contributed by atoms with Gasteiger partial charge in [-0.2, -0.15) is 0 Å². The molecule has 4 aliphatic rings. The summed E-state index contributed by atoms with van der Waals surface area (Å²) in [6.07, 6.45) is 9.07. The Balaban J connectivity index is 1.55. The van der Waals surface area contributed by atoms with E-state index < -0.39 is 0 Å². The molecule has 19 heavy (non-hydrogen) atoms. The predicted molar refractivity (Wildman–Crippen MR) is 77.8 cm³/mol. The summed E-state index contributed by atoms with van der Waals surface area (Å²) in [5.41, 5.74) is 7.76. The van der Waals surface area contributed by atoms with Crippen molar-refractivity contribution in [1.82, 2.24) is 4.98 Å². The van der Waals surface area contributed by atoms with E-state index in [1.54, 1.807) is 6.20 Å². The van der Waals surface area contributed by atoms with E-state index in [-0.39, 0.29) is 0 Å². The average molecular weight is 257 g/mol. The number of nitrogens with zero attached hydrogens (tertiary/aromatic N) is 1. The number of rotatable bonds is 2. The highest BCUT2D eigenvalue weighted by atomic mass is 15.0. The summed E-state index contributed by atoms with van der Waals surface area (Å²) < 4.78 is 0. The highest BCUT2D eigenvalue weighted by Gasteiger charge is 2.48. The van der Waals surface area contributed by atoms with Gasteiger partial charge in [0.15, 0.2) is 0 Å². The van der Waals surface area contributed by atoms with Gasteiger partial charge >= 0.3 is 0 Å². The van der Waals surface area contributed by atoms with E-state index in [0.717, 1.165) is 40.7 Å². The third kappa shape index (κ3) is 1.90. The van der Waals surface area contributed by atoms with Crippen LogP contribution in [0.2, 0.25) is 0 Å². The summed E-state index contributed by atoms with van der Waals surface area (Å²) >= 11 is 0. The SMILES string of the molecule is Cc1cc(NC2C3CC4CC(C3)CC2C4)ncc1N. The molecule has 4 fully saturated rings. The van der Waals surface area contributed by atoms with Crippen LogP contribution < -0.4 is 11.1 Å². The molecule has 1 aromatic rings. The molecule has 0 aliphatic heterocycles. The Kier molecular flexibility index (Phi) is 2.51. The second kappa shape index (κ2) is 4.12. The normalized spacial score (nSPS) is 39.5. The van der Waals surface area contributed by atoms with Crippen molar-refractivity contribution in [2.24, 2.45) is 23.7 Å². The van der Waals surface area contributed by atoms with Crippen LogP contribution in [0.4, 0.5) is 11.5 Å². The van der Waals surface area contributed by atoms with Gasteiger partial charge in [-0.15, -0.1) is 0 Å². The third-order valence-corrected chi connectivity index (χ3v) is 5.69. The number of nitrogens with two attached hydrogens (primary N) is 1. The van der Waals surface area contributed by atoms with Gasteiger partial charge < -0.3 is 11.1 Å². The van der Waals surface area contributed by atoms with Gasteiger partial charge in [0.2, 0.25) is 0 Å². The monoisotopic (exact) mass is 257 g/mol. The molecule has 102 valence electrons. The first kappa shape index (κ1) is 11.6. The van der Waals surface area contributed by atoms with Gasteiger partial charge in [0.1, 0.15) is 5.82 Å². The standard InChI is InChI=1S/C16H23N3/c1-9-2-15(18-8-14(9)17)19-16-12-4-10-3-11(6-12)7-13(16)5-10/h2,8,10-13,16H,3-7,17H2,1H3,(H,18,19). The number of nitrogen functional groups attached to an aromatic ring is 1. The number of aryl methyl sites for hydroxylation is 1. The molecule has 3 heteroatoms. The van der Waals surface area contributed by atoms with Gasteiger partial charge in [-0.05, 0) is 74.3 Å². The maximum atomic E-state index is 5.85. The fraction of sp³-hybridized carbons (Fsp3) is 0.688. The summed E-state index contributed by atoms with van der Waals surface area (Å²) in [5.74, 6) is 4.85. The van der Waals surface area contributed by atoms with E-state index in [0.29, 0.717) is 6.04 Å². The number of anilines is 2. The molecule has 0 saturated heterocycles. The van der Waals surface area contributed by atoms with E-state index in [9.17, 15) is 0 Å². The Labute approximate surface area is 115 Å². The zero-order valence-electron chi connectivity index (χ0n) is 11.6. The minimum atomic E-state index is 0.656. The average Bonchev–Trinajstić information content (AvgIpc) is 2.37. The van der Waals surface area contributed by atoms with Crippen LogP contribution in [-0.2, 0) is 0 Å². The molecule has 0 aromatic carbocycles. The van der Waals surface area contributed by atoms with Crippen LogP contribution in [0.5, 0.6) is 0 Å². The fourth-order valence-electron chi connectivity index (χ4n) is 4.98. The molecule has 3 N–H and O–H groups in total. The van der Waals surface area contributed by atoms with Gasteiger partial charge in [0, 0.05) is 6.04 Å². The van der Waals surface area contributed by atoms with Crippen LogP contribution in [0, 0.1) is 30.6 Å². The lowest BCUT2D eigenvalue weighted by Gasteiger charge is -2.54. The lowest BCUT2D eigenvalue weighted by Crippen LogP contribution is -2.51. The highest BCUT2D eigenvalue weighted by Crippen LogP contribution is 2.54. The van der Waals surface area contributed by atoms with Gasteiger partial charge in [-0.3, -0.25) is 0 Å². The summed E-state index contributed by atoms with van der Waals surface area (Å²) in [4.78, 5) is 4.45. The van der Waals surface area contributed by atoms with Crippen molar-refractivity contribution in [2.45, 2.75) is 45.1 Å². The van der Waals surface area contributed by atoms with Gasteiger partial charge in [-0.1, -0.05) is 0 Å². The Morgan fingerprint density at radius 1 is 1.11 bits per heavy atom. The van der Waals surface area contributed by atoms with Crippen molar-refractivity contribution in [3.63, 3.8) is 0 Å². The molecule has 0 spiro atoms. The van der Waals surface area contributed by atoms with Crippen LogP contribution in [0.1, 0.15) is 37.7 Å². The van der Waals surface area contributed by atoms with Crippen LogP contribution in [0.15, 0.2) is 12.3 Å². The van der Waals surface area contributed by atoms with Crippen LogP contribution in [0.3, 0.4) is 0 Å². The van der Waals surface area contributed by atoms with Crippen molar-refractivity contribution in [3.05, 3.63) is 17.8 Å². The first-order chi connectivity index (χ1) is 9.19.